The zero-order valence-electron chi connectivity index (χ0n) is 4.87. The van der Waals surface area contributed by atoms with Gasteiger partial charge in [-0.25, -0.2) is 0 Å². The van der Waals surface area contributed by atoms with Crippen molar-refractivity contribution in [1.29, 1.82) is 0 Å². The molecule has 0 amide bonds. The van der Waals surface area contributed by atoms with Crippen LogP contribution < -0.4 is 0 Å². The lowest BCUT2D eigenvalue weighted by Crippen LogP contribution is -1.68. The van der Waals surface area contributed by atoms with Crippen LogP contribution in [0.3, 0.4) is 0 Å². The number of methoxy groups -OCH3 is 1. The SMILES string of the molecule is CO/C=C\C=C\CO. The molecule has 46 valence electrons. The Morgan fingerprint density at radius 3 is 2.75 bits per heavy atom. The number of aliphatic hydroxyl groups excluding tert-OH is 1. The smallest absolute Gasteiger partial charge is 0.0824 e. The molecule has 0 aromatic carbocycles. The van der Waals surface area contributed by atoms with Crippen LogP contribution in [-0.2, 0) is 4.74 Å². The summed E-state index contributed by atoms with van der Waals surface area (Å²) in [5, 5.41) is 8.20. The Labute approximate surface area is 49.1 Å². The highest BCUT2D eigenvalue weighted by Crippen LogP contribution is 1.75. The van der Waals surface area contributed by atoms with E-state index in [0.29, 0.717) is 0 Å². The minimum atomic E-state index is 0.0774. The molecule has 0 aromatic heterocycles. The zero-order chi connectivity index (χ0) is 6.24. The van der Waals surface area contributed by atoms with Gasteiger partial charge in [-0.1, -0.05) is 12.2 Å². The summed E-state index contributed by atoms with van der Waals surface area (Å²) in [6.07, 6.45) is 6.57. The maximum absolute atomic E-state index is 8.20. The van der Waals surface area contributed by atoms with E-state index < -0.39 is 0 Å². The third-order valence-corrected chi connectivity index (χ3v) is 0.567. The van der Waals surface area contributed by atoms with E-state index in [-0.39, 0.29) is 6.61 Å². The van der Waals surface area contributed by atoms with Crippen molar-refractivity contribution in [2.45, 2.75) is 0 Å². The molecule has 2 heteroatoms. The largest absolute Gasteiger partial charge is 0.504 e. The van der Waals surface area contributed by atoms with Gasteiger partial charge < -0.3 is 9.84 Å². The number of hydrogen-bond donors (Lipinski definition) is 1. The number of hydrogen-bond acceptors (Lipinski definition) is 2. The Balaban J connectivity index is 3.13. The number of aliphatic hydroxyl groups is 1. The quantitative estimate of drug-likeness (QED) is 0.432. The monoisotopic (exact) mass is 114 g/mol. The molecule has 0 fully saturated rings. The van der Waals surface area contributed by atoms with Crippen molar-refractivity contribution in [2.24, 2.45) is 0 Å². The lowest BCUT2D eigenvalue weighted by molar-refractivity contribution is 0.337. The predicted molar refractivity (Wildman–Crippen MR) is 32.4 cm³/mol. The van der Waals surface area contributed by atoms with Gasteiger partial charge in [0.15, 0.2) is 0 Å². The van der Waals surface area contributed by atoms with E-state index in [1.165, 1.54) is 6.26 Å². The Morgan fingerprint density at radius 2 is 2.25 bits per heavy atom. The van der Waals surface area contributed by atoms with Crippen molar-refractivity contribution in [3.05, 3.63) is 24.5 Å². The average molecular weight is 114 g/mol. The summed E-state index contributed by atoms with van der Waals surface area (Å²) in [6, 6.07) is 0. The highest BCUT2D eigenvalue weighted by molar-refractivity contribution is 4.99. The first-order valence-electron chi connectivity index (χ1n) is 2.37. The number of rotatable bonds is 3. The minimum absolute atomic E-state index is 0.0774. The van der Waals surface area contributed by atoms with Gasteiger partial charge in [0.05, 0.1) is 20.0 Å². The van der Waals surface area contributed by atoms with Gasteiger partial charge in [0.1, 0.15) is 0 Å². The molecular weight excluding hydrogens is 104 g/mol. The molecule has 2 nitrogen and oxygen atoms in total. The molecule has 0 radical (unpaired) electrons. The first kappa shape index (κ1) is 7.24. The van der Waals surface area contributed by atoms with Gasteiger partial charge in [0, 0.05) is 0 Å². The number of allylic oxidation sites excluding steroid dienone is 2. The molecule has 0 atom stereocenters. The lowest BCUT2D eigenvalue weighted by Gasteiger charge is -1.79. The summed E-state index contributed by atoms with van der Waals surface area (Å²) in [5.74, 6) is 0. The van der Waals surface area contributed by atoms with Crippen LogP contribution in [0.1, 0.15) is 0 Å². The van der Waals surface area contributed by atoms with Crippen molar-refractivity contribution in [1.82, 2.24) is 0 Å². The molecule has 0 aliphatic carbocycles. The molecule has 8 heavy (non-hydrogen) atoms. The third-order valence-electron chi connectivity index (χ3n) is 0.567. The topological polar surface area (TPSA) is 29.5 Å². The van der Waals surface area contributed by atoms with E-state index in [4.69, 9.17) is 5.11 Å². The van der Waals surface area contributed by atoms with Crippen LogP contribution in [0.5, 0.6) is 0 Å². The summed E-state index contributed by atoms with van der Waals surface area (Å²) in [7, 11) is 1.57. The molecule has 0 saturated carbocycles. The fourth-order valence-corrected chi connectivity index (χ4v) is 0.263. The fraction of sp³-hybridized carbons (Fsp3) is 0.333. The first-order valence-corrected chi connectivity index (χ1v) is 2.37. The zero-order valence-corrected chi connectivity index (χ0v) is 4.87. The van der Waals surface area contributed by atoms with Crippen molar-refractivity contribution >= 4 is 0 Å². The van der Waals surface area contributed by atoms with Crippen LogP contribution in [0, 0.1) is 0 Å². The second-order valence-corrected chi connectivity index (χ2v) is 1.17. The van der Waals surface area contributed by atoms with Crippen molar-refractivity contribution in [3.8, 4) is 0 Å². The maximum atomic E-state index is 8.20. The molecule has 1 N–H and O–H groups in total. The molecule has 0 aliphatic rings. The molecule has 0 saturated heterocycles. The molecule has 0 rings (SSSR count). The van der Waals surface area contributed by atoms with E-state index in [1.807, 2.05) is 0 Å². The first-order chi connectivity index (χ1) is 3.91. The highest BCUT2D eigenvalue weighted by Gasteiger charge is 1.61. The van der Waals surface area contributed by atoms with Gasteiger partial charge in [0.25, 0.3) is 0 Å². The summed E-state index contributed by atoms with van der Waals surface area (Å²) in [6.45, 7) is 0.0774. The van der Waals surface area contributed by atoms with Gasteiger partial charge in [-0.3, -0.25) is 0 Å². The molecular formula is C6H10O2. The van der Waals surface area contributed by atoms with Crippen molar-refractivity contribution < 1.29 is 9.84 Å². The minimum Gasteiger partial charge on any atom is -0.504 e. The van der Waals surface area contributed by atoms with Gasteiger partial charge in [-0.05, 0) is 6.08 Å². The summed E-state index contributed by atoms with van der Waals surface area (Å²) < 4.78 is 4.57. The standard InChI is InChI=1S/C6H10O2/c1-8-6-4-2-3-5-7/h2-4,6-7H,5H2,1H3/b3-2+,6-4-. The van der Waals surface area contributed by atoms with Gasteiger partial charge in [0.2, 0.25) is 0 Å². The Bertz CT molecular complexity index is 72.5. The summed E-state index contributed by atoms with van der Waals surface area (Å²) in [4.78, 5) is 0. The lowest BCUT2D eigenvalue weighted by atomic mass is 10.5. The van der Waals surface area contributed by atoms with E-state index >= 15 is 0 Å². The molecule has 0 heterocycles. The maximum Gasteiger partial charge on any atom is 0.0824 e. The van der Waals surface area contributed by atoms with Gasteiger partial charge in [-0.15, -0.1) is 0 Å². The average Bonchev–Trinajstić information content (AvgIpc) is 1.81. The van der Waals surface area contributed by atoms with Crippen LogP contribution in [0.4, 0.5) is 0 Å². The van der Waals surface area contributed by atoms with E-state index in [2.05, 4.69) is 4.74 Å². The fourth-order valence-electron chi connectivity index (χ4n) is 0.263. The predicted octanol–water partition coefficient (Wildman–Crippen LogP) is 0.695. The normalized spacial score (nSPS) is 11.2. The van der Waals surface area contributed by atoms with Gasteiger partial charge in [-0.2, -0.15) is 0 Å². The molecule has 0 aliphatic heterocycles. The van der Waals surface area contributed by atoms with Crippen LogP contribution in [0.2, 0.25) is 0 Å². The number of ether oxygens (including phenoxy) is 1. The van der Waals surface area contributed by atoms with Crippen molar-refractivity contribution in [2.75, 3.05) is 13.7 Å². The van der Waals surface area contributed by atoms with Crippen LogP contribution in [0.15, 0.2) is 24.5 Å². The van der Waals surface area contributed by atoms with E-state index in [9.17, 15) is 0 Å². The Kier molecular flexibility index (Phi) is 5.65. The molecule has 0 spiro atoms. The van der Waals surface area contributed by atoms with Crippen LogP contribution >= 0.6 is 0 Å². The van der Waals surface area contributed by atoms with Crippen molar-refractivity contribution in [3.63, 3.8) is 0 Å². The molecule has 0 aromatic rings. The second kappa shape index (κ2) is 6.24. The van der Waals surface area contributed by atoms with E-state index in [1.54, 1.807) is 25.3 Å². The second-order valence-electron chi connectivity index (χ2n) is 1.17. The molecule has 0 bridgehead atoms. The highest BCUT2D eigenvalue weighted by atomic mass is 16.5. The Morgan fingerprint density at radius 1 is 1.50 bits per heavy atom. The third kappa shape index (κ3) is 5.24. The van der Waals surface area contributed by atoms with E-state index in [0.717, 1.165) is 0 Å². The summed E-state index contributed by atoms with van der Waals surface area (Å²) in [5.41, 5.74) is 0. The van der Waals surface area contributed by atoms with Crippen LogP contribution in [-0.4, -0.2) is 18.8 Å². The Hall–Kier alpha value is -0.760. The van der Waals surface area contributed by atoms with Gasteiger partial charge >= 0.3 is 0 Å². The summed E-state index contributed by atoms with van der Waals surface area (Å²) >= 11 is 0. The molecule has 0 unspecified atom stereocenters. The van der Waals surface area contributed by atoms with Crippen LogP contribution in [0.25, 0.3) is 0 Å².